The number of fused-ring (bicyclic) bond motifs is 1. The summed E-state index contributed by atoms with van der Waals surface area (Å²) >= 11 is 1.46. The monoisotopic (exact) mass is 374 g/mol. The number of amides is 1. The van der Waals surface area contributed by atoms with Gasteiger partial charge in [0.1, 0.15) is 10.1 Å². The Morgan fingerprint density at radius 2 is 1.85 bits per heavy atom. The number of carbonyl (C=O) groups excluding carboxylic acids is 1. The van der Waals surface area contributed by atoms with E-state index in [9.17, 15) is 4.79 Å². The second-order valence-electron chi connectivity index (χ2n) is 6.16. The van der Waals surface area contributed by atoms with Crippen LogP contribution < -0.4 is 5.32 Å². The molecular weight excluding hydrogens is 356 g/mol. The Bertz CT molecular complexity index is 1090. The van der Waals surface area contributed by atoms with E-state index < -0.39 is 0 Å². The molecule has 1 aromatic carbocycles. The van der Waals surface area contributed by atoms with Gasteiger partial charge in [0.25, 0.3) is 0 Å². The number of para-hydroxylation sites is 1. The van der Waals surface area contributed by atoms with Crippen molar-refractivity contribution in [3.63, 3.8) is 0 Å². The summed E-state index contributed by atoms with van der Waals surface area (Å²) < 4.78 is 2.05. The van der Waals surface area contributed by atoms with E-state index in [-0.39, 0.29) is 5.91 Å². The molecule has 0 bridgehead atoms. The first kappa shape index (κ1) is 17.3. The van der Waals surface area contributed by atoms with Gasteiger partial charge in [0.2, 0.25) is 5.91 Å². The summed E-state index contributed by atoms with van der Waals surface area (Å²) in [5.74, 6) is -0.0497. The molecule has 5 nitrogen and oxygen atoms in total. The highest BCUT2D eigenvalue weighted by Gasteiger charge is 2.11. The molecule has 0 atom stereocenters. The van der Waals surface area contributed by atoms with Gasteiger partial charge in [-0.2, -0.15) is 0 Å². The van der Waals surface area contributed by atoms with Crippen LogP contribution in [0.3, 0.4) is 0 Å². The number of benzene rings is 1. The van der Waals surface area contributed by atoms with Crippen molar-refractivity contribution in [3.05, 3.63) is 78.8 Å². The van der Waals surface area contributed by atoms with Crippen molar-refractivity contribution in [2.24, 2.45) is 7.05 Å². The van der Waals surface area contributed by atoms with Gasteiger partial charge in [-0.1, -0.05) is 36.0 Å². The maximum atomic E-state index is 12.5. The van der Waals surface area contributed by atoms with Gasteiger partial charge in [-0.05, 0) is 35.9 Å². The minimum atomic E-state index is -0.0497. The lowest BCUT2D eigenvalue weighted by Crippen LogP contribution is -2.14. The topological polar surface area (TPSA) is 59.8 Å². The molecule has 4 rings (SSSR count). The van der Waals surface area contributed by atoms with E-state index in [1.54, 1.807) is 18.5 Å². The van der Waals surface area contributed by atoms with Crippen LogP contribution in [0, 0.1) is 0 Å². The van der Waals surface area contributed by atoms with Gasteiger partial charge in [-0.25, -0.2) is 9.97 Å². The number of rotatable bonds is 5. The Kier molecular flexibility index (Phi) is 4.89. The standard InChI is InChI=1S/C21H18N4OS/c1-25-14-15(17-6-2-3-7-18(17)25)12-19(26)24-16-9-11-23-21(13-16)27-20-8-4-5-10-22-20/h2-11,13-14H,12H2,1H3,(H,23,24,26). The molecule has 0 unspecified atom stereocenters. The number of nitrogens with one attached hydrogen (secondary N) is 1. The largest absolute Gasteiger partial charge is 0.350 e. The van der Waals surface area contributed by atoms with Crippen LogP contribution in [0.5, 0.6) is 0 Å². The summed E-state index contributed by atoms with van der Waals surface area (Å²) in [6, 6.07) is 17.5. The predicted molar refractivity (Wildman–Crippen MR) is 108 cm³/mol. The van der Waals surface area contributed by atoms with Gasteiger partial charge in [0.15, 0.2) is 0 Å². The first-order valence-electron chi connectivity index (χ1n) is 8.57. The molecule has 0 fully saturated rings. The average molecular weight is 374 g/mol. The van der Waals surface area contributed by atoms with Crippen molar-refractivity contribution in [2.45, 2.75) is 16.5 Å². The summed E-state index contributed by atoms with van der Waals surface area (Å²) in [5.41, 5.74) is 2.87. The summed E-state index contributed by atoms with van der Waals surface area (Å²) in [7, 11) is 1.99. The zero-order valence-electron chi connectivity index (χ0n) is 14.8. The van der Waals surface area contributed by atoms with Gasteiger partial charge < -0.3 is 9.88 Å². The van der Waals surface area contributed by atoms with Crippen molar-refractivity contribution in [1.29, 1.82) is 0 Å². The lowest BCUT2D eigenvalue weighted by Gasteiger charge is -2.06. The third-order valence-corrected chi connectivity index (χ3v) is 5.08. The summed E-state index contributed by atoms with van der Waals surface area (Å²) in [5, 5.41) is 5.73. The number of anilines is 1. The zero-order chi connectivity index (χ0) is 18.6. The van der Waals surface area contributed by atoms with Crippen molar-refractivity contribution in [3.8, 4) is 0 Å². The zero-order valence-corrected chi connectivity index (χ0v) is 15.6. The average Bonchev–Trinajstić information content (AvgIpc) is 2.99. The number of carbonyl (C=O) groups is 1. The Labute approximate surface area is 161 Å². The van der Waals surface area contributed by atoms with E-state index in [0.29, 0.717) is 6.42 Å². The van der Waals surface area contributed by atoms with Crippen LogP contribution >= 0.6 is 11.8 Å². The smallest absolute Gasteiger partial charge is 0.228 e. The summed E-state index contributed by atoms with van der Waals surface area (Å²) in [6.07, 6.45) is 5.78. The molecule has 0 aliphatic rings. The fourth-order valence-corrected chi connectivity index (χ4v) is 3.78. The van der Waals surface area contributed by atoms with Crippen molar-refractivity contribution in [2.75, 3.05) is 5.32 Å². The van der Waals surface area contributed by atoms with Crippen LogP contribution in [0.25, 0.3) is 10.9 Å². The maximum Gasteiger partial charge on any atom is 0.228 e. The Hall–Kier alpha value is -3.12. The van der Waals surface area contributed by atoms with Gasteiger partial charge in [-0.3, -0.25) is 4.79 Å². The molecule has 4 aromatic rings. The fraction of sp³-hybridized carbons (Fsp3) is 0.0952. The number of hydrogen-bond acceptors (Lipinski definition) is 4. The van der Waals surface area contributed by atoms with Crippen LogP contribution in [0.4, 0.5) is 5.69 Å². The number of hydrogen-bond donors (Lipinski definition) is 1. The molecule has 27 heavy (non-hydrogen) atoms. The highest BCUT2D eigenvalue weighted by molar-refractivity contribution is 7.99. The van der Waals surface area contributed by atoms with Gasteiger partial charge >= 0.3 is 0 Å². The van der Waals surface area contributed by atoms with Crippen LogP contribution in [0.1, 0.15) is 5.56 Å². The third-order valence-electron chi connectivity index (χ3n) is 4.20. The van der Waals surface area contributed by atoms with E-state index in [1.165, 1.54) is 11.8 Å². The van der Waals surface area contributed by atoms with Crippen LogP contribution in [-0.2, 0) is 18.3 Å². The third kappa shape index (κ3) is 4.01. The molecule has 0 radical (unpaired) electrons. The van der Waals surface area contributed by atoms with Crippen LogP contribution in [0.2, 0.25) is 0 Å². The molecule has 3 aromatic heterocycles. The van der Waals surface area contributed by atoms with E-state index in [2.05, 4.69) is 21.4 Å². The van der Waals surface area contributed by atoms with Gasteiger partial charge in [-0.15, -0.1) is 0 Å². The second kappa shape index (κ2) is 7.63. The van der Waals surface area contributed by atoms with E-state index in [4.69, 9.17) is 0 Å². The van der Waals surface area contributed by atoms with Crippen molar-refractivity contribution < 1.29 is 4.79 Å². The number of nitrogens with zero attached hydrogens (tertiary/aromatic N) is 3. The van der Waals surface area contributed by atoms with E-state index in [0.717, 1.165) is 32.2 Å². The van der Waals surface area contributed by atoms with Crippen molar-refractivity contribution in [1.82, 2.24) is 14.5 Å². The molecule has 6 heteroatoms. The Morgan fingerprint density at radius 3 is 2.70 bits per heavy atom. The molecule has 0 saturated carbocycles. The molecule has 1 amide bonds. The second-order valence-corrected chi connectivity index (χ2v) is 7.20. The Balaban J connectivity index is 1.47. The minimum Gasteiger partial charge on any atom is -0.350 e. The number of pyridine rings is 2. The fourth-order valence-electron chi connectivity index (χ4n) is 3.00. The Morgan fingerprint density at radius 1 is 1.04 bits per heavy atom. The lowest BCUT2D eigenvalue weighted by molar-refractivity contribution is -0.115. The van der Waals surface area contributed by atoms with Gasteiger partial charge in [0.05, 0.1) is 6.42 Å². The molecule has 1 N–H and O–H groups in total. The lowest BCUT2D eigenvalue weighted by atomic mass is 10.1. The highest BCUT2D eigenvalue weighted by atomic mass is 32.2. The molecule has 0 aliphatic heterocycles. The molecular formula is C21H18N4OS. The van der Waals surface area contributed by atoms with Gasteiger partial charge in [0, 0.05) is 42.2 Å². The number of aryl methyl sites for hydroxylation is 1. The molecule has 0 aliphatic carbocycles. The first-order valence-corrected chi connectivity index (χ1v) is 9.38. The quantitative estimate of drug-likeness (QED) is 0.566. The first-order chi connectivity index (χ1) is 13.2. The van der Waals surface area contributed by atoms with E-state index >= 15 is 0 Å². The maximum absolute atomic E-state index is 12.5. The molecule has 3 heterocycles. The highest BCUT2D eigenvalue weighted by Crippen LogP contribution is 2.26. The predicted octanol–water partition coefficient (Wildman–Crippen LogP) is 4.30. The molecule has 134 valence electrons. The molecule has 0 spiro atoms. The van der Waals surface area contributed by atoms with E-state index in [1.807, 2.05) is 60.3 Å². The SMILES string of the molecule is Cn1cc(CC(=O)Nc2ccnc(Sc3ccccn3)c2)c2ccccc21. The normalized spacial score (nSPS) is 10.9. The van der Waals surface area contributed by atoms with Crippen LogP contribution in [-0.4, -0.2) is 20.4 Å². The summed E-state index contributed by atoms with van der Waals surface area (Å²) in [4.78, 5) is 21.2. The van der Waals surface area contributed by atoms with Crippen LogP contribution in [0.15, 0.2) is 83.2 Å². The summed E-state index contributed by atoms with van der Waals surface area (Å²) in [6.45, 7) is 0. The minimum absolute atomic E-state index is 0.0497. The van der Waals surface area contributed by atoms with Crippen molar-refractivity contribution >= 4 is 34.3 Å². The molecule has 0 saturated heterocycles. The number of aromatic nitrogens is 3.